The monoisotopic (exact) mass is 692 g/mol. The molecule has 0 bridgehead atoms. The van der Waals surface area contributed by atoms with Gasteiger partial charge in [-0.15, -0.1) is 0 Å². The maximum Gasteiger partial charge on any atom is 0.360 e. The lowest BCUT2D eigenvalue weighted by Gasteiger charge is -2.31. The number of esters is 2. The van der Waals surface area contributed by atoms with Crippen molar-refractivity contribution in [2.75, 3.05) is 28.4 Å². The Labute approximate surface area is 291 Å². The van der Waals surface area contributed by atoms with Crippen molar-refractivity contribution in [3.63, 3.8) is 0 Å². The van der Waals surface area contributed by atoms with Crippen LogP contribution in [0.4, 0.5) is 0 Å². The summed E-state index contributed by atoms with van der Waals surface area (Å²) in [7, 11) is 5.59. The van der Waals surface area contributed by atoms with Crippen molar-refractivity contribution in [1.29, 1.82) is 0 Å². The summed E-state index contributed by atoms with van der Waals surface area (Å²) >= 11 is 0. The number of hydrogen-bond donors (Lipinski definition) is 1. The summed E-state index contributed by atoms with van der Waals surface area (Å²) < 4.78 is 31.4. The fourth-order valence-electron chi connectivity index (χ4n) is 5.48. The van der Waals surface area contributed by atoms with Gasteiger partial charge in [-0.2, -0.15) is 0 Å². The van der Waals surface area contributed by atoms with E-state index in [9.17, 15) is 19.5 Å². The smallest absolute Gasteiger partial charge is 0.360 e. The molecule has 1 aliphatic heterocycles. The molecule has 14 heteroatoms. The van der Waals surface area contributed by atoms with E-state index >= 15 is 0 Å². The zero-order valence-electron chi connectivity index (χ0n) is 28.0. The Balaban J connectivity index is 0.000000193. The molecule has 7 rings (SSSR count). The largest absolute Gasteiger partial charge is 0.503 e. The van der Waals surface area contributed by atoms with Gasteiger partial charge in [-0.3, -0.25) is 9.69 Å². The molecule has 1 atom stereocenters. The van der Waals surface area contributed by atoms with E-state index in [2.05, 4.69) is 19.7 Å². The lowest BCUT2D eigenvalue weighted by molar-refractivity contribution is -0.145. The molecule has 1 unspecified atom stereocenters. The average Bonchev–Trinajstić information content (AvgIpc) is 3.82. The second-order valence-electron chi connectivity index (χ2n) is 11.1. The molecule has 6 aromatic rings. The van der Waals surface area contributed by atoms with Crippen LogP contribution in [0.25, 0.3) is 34.0 Å². The van der Waals surface area contributed by atoms with Gasteiger partial charge in [0.05, 0.1) is 34.6 Å². The zero-order valence-corrected chi connectivity index (χ0v) is 28.0. The first kappa shape index (κ1) is 34.3. The van der Waals surface area contributed by atoms with Crippen LogP contribution in [0.2, 0.25) is 0 Å². The summed E-state index contributed by atoms with van der Waals surface area (Å²) in [4.78, 5) is 51.5. The van der Waals surface area contributed by atoms with Crippen molar-refractivity contribution in [1.82, 2.24) is 19.9 Å². The van der Waals surface area contributed by atoms with Gasteiger partial charge < -0.3 is 32.9 Å². The van der Waals surface area contributed by atoms with Gasteiger partial charge in [-0.25, -0.2) is 24.5 Å². The Morgan fingerprint density at radius 2 is 1.53 bits per heavy atom. The van der Waals surface area contributed by atoms with Crippen molar-refractivity contribution < 1.29 is 47.3 Å². The summed E-state index contributed by atoms with van der Waals surface area (Å²) in [6.45, 7) is 0.512. The van der Waals surface area contributed by atoms with E-state index in [-0.39, 0.29) is 35.9 Å². The SMILES string of the molecule is COC(=O)C1C(=O)c2oc(-c3ccccc3)nc2CN1Cc1ccc(OC)cc1OC.COC(=O)c1ncc2nc(-c3ccccc3)oc2c1O. The van der Waals surface area contributed by atoms with Crippen LogP contribution in [0.5, 0.6) is 17.2 Å². The minimum absolute atomic E-state index is 0.0900. The average molecular weight is 693 g/mol. The Hall–Kier alpha value is -6.54. The molecule has 1 aliphatic rings. The van der Waals surface area contributed by atoms with Gasteiger partial charge in [0, 0.05) is 35.8 Å². The summed E-state index contributed by atoms with van der Waals surface area (Å²) in [5.41, 5.74) is 3.08. The number of fused-ring (bicyclic) bond motifs is 2. The molecule has 1 N–H and O–H groups in total. The van der Waals surface area contributed by atoms with Crippen molar-refractivity contribution in [3.05, 3.63) is 108 Å². The van der Waals surface area contributed by atoms with E-state index in [0.717, 1.165) is 16.7 Å². The maximum atomic E-state index is 13.2. The highest BCUT2D eigenvalue weighted by Gasteiger charge is 2.43. The fourth-order valence-corrected chi connectivity index (χ4v) is 5.48. The van der Waals surface area contributed by atoms with Gasteiger partial charge in [0.2, 0.25) is 23.1 Å². The van der Waals surface area contributed by atoms with Crippen LogP contribution in [0.15, 0.2) is 93.9 Å². The van der Waals surface area contributed by atoms with Gasteiger partial charge in [0.25, 0.3) is 0 Å². The molecule has 0 saturated carbocycles. The summed E-state index contributed by atoms with van der Waals surface area (Å²) in [6.07, 6.45) is 1.36. The molecule has 0 fully saturated rings. The number of methoxy groups -OCH3 is 4. The number of ether oxygens (including phenoxy) is 4. The molecule has 14 nitrogen and oxygen atoms in total. The minimum atomic E-state index is -1.14. The topological polar surface area (TPSA) is 177 Å². The molecular weight excluding hydrogens is 660 g/mol. The number of aromatic nitrogens is 3. The summed E-state index contributed by atoms with van der Waals surface area (Å²) in [6, 6.07) is 22.8. The van der Waals surface area contributed by atoms with Gasteiger partial charge in [-0.05, 0) is 30.3 Å². The van der Waals surface area contributed by atoms with E-state index in [0.29, 0.717) is 34.5 Å². The predicted molar refractivity (Wildman–Crippen MR) is 181 cm³/mol. The normalized spacial score (nSPS) is 13.9. The number of rotatable bonds is 8. The van der Waals surface area contributed by atoms with Gasteiger partial charge in [-0.1, -0.05) is 42.5 Å². The Morgan fingerprint density at radius 3 is 2.14 bits per heavy atom. The number of nitrogens with zero attached hydrogens (tertiary/aromatic N) is 4. The lowest BCUT2D eigenvalue weighted by Crippen LogP contribution is -2.49. The van der Waals surface area contributed by atoms with Crippen LogP contribution >= 0.6 is 0 Å². The Bertz CT molecular complexity index is 2200. The quantitative estimate of drug-likeness (QED) is 0.157. The van der Waals surface area contributed by atoms with E-state index in [1.165, 1.54) is 20.4 Å². The predicted octanol–water partition coefficient (Wildman–Crippen LogP) is 5.48. The van der Waals surface area contributed by atoms with Crippen LogP contribution in [-0.4, -0.2) is 77.2 Å². The van der Waals surface area contributed by atoms with Crippen molar-refractivity contribution in [2.24, 2.45) is 0 Å². The van der Waals surface area contributed by atoms with Crippen LogP contribution in [0.3, 0.4) is 0 Å². The number of pyridine rings is 1. The molecule has 3 aromatic carbocycles. The summed E-state index contributed by atoms with van der Waals surface area (Å²) in [5, 5.41) is 10.0. The van der Waals surface area contributed by atoms with E-state index in [4.69, 9.17) is 23.0 Å². The number of benzene rings is 3. The number of ketones is 1. The first-order valence-corrected chi connectivity index (χ1v) is 15.5. The molecule has 3 aromatic heterocycles. The molecule has 260 valence electrons. The highest BCUT2D eigenvalue weighted by atomic mass is 16.5. The standard InChI is InChI=1S/C23H22N2O6.C14H10N2O4/c1-28-16-10-9-15(18(11-16)29-2)12-25-13-17-21(20(26)19(25)23(27)30-3)31-22(24-17)14-7-5-4-6-8-14;1-19-14(18)10-11(17)12-9(7-15-10)16-13(20-12)8-5-3-2-4-6-8/h4-11,19H,12-13H2,1-3H3;2-7,17H,1H3. The van der Waals surface area contributed by atoms with E-state index < -0.39 is 23.8 Å². The van der Waals surface area contributed by atoms with Crippen molar-refractivity contribution >= 4 is 28.8 Å². The molecule has 0 saturated heterocycles. The van der Waals surface area contributed by atoms with Crippen LogP contribution in [0, 0.1) is 0 Å². The molecular formula is C37H32N4O10. The van der Waals surface area contributed by atoms with Crippen LogP contribution in [0.1, 0.15) is 32.3 Å². The van der Waals surface area contributed by atoms with Crippen molar-refractivity contribution in [3.8, 4) is 40.2 Å². The van der Waals surface area contributed by atoms with Gasteiger partial charge in [0.1, 0.15) is 22.7 Å². The first-order chi connectivity index (χ1) is 24.8. The third-order valence-corrected chi connectivity index (χ3v) is 8.01. The van der Waals surface area contributed by atoms with E-state index in [1.54, 1.807) is 31.3 Å². The highest BCUT2D eigenvalue weighted by Crippen LogP contribution is 2.34. The minimum Gasteiger partial charge on any atom is -0.503 e. The number of carbonyl (C=O) groups excluding carboxylic acids is 3. The van der Waals surface area contributed by atoms with Gasteiger partial charge >= 0.3 is 11.9 Å². The van der Waals surface area contributed by atoms with Crippen LogP contribution < -0.4 is 9.47 Å². The third-order valence-electron chi connectivity index (χ3n) is 8.01. The summed E-state index contributed by atoms with van der Waals surface area (Å²) in [5.74, 6) is -0.224. The number of oxazole rings is 2. The molecule has 0 radical (unpaired) electrons. The highest BCUT2D eigenvalue weighted by molar-refractivity contribution is 6.12. The second-order valence-corrected chi connectivity index (χ2v) is 11.1. The van der Waals surface area contributed by atoms with E-state index in [1.807, 2.05) is 66.7 Å². The van der Waals surface area contributed by atoms with Crippen molar-refractivity contribution in [2.45, 2.75) is 19.1 Å². The number of Topliss-reactive ketones (excluding diaryl/α,β-unsaturated/α-hetero) is 1. The maximum absolute atomic E-state index is 13.2. The fraction of sp³-hybridized carbons (Fsp3) is 0.189. The first-order valence-electron chi connectivity index (χ1n) is 15.5. The van der Waals surface area contributed by atoms with Crippen LogP contribution in [-0.2, 0) is 27.4 Å². The van der Waals surface area contributed by atoms with Gasteiger partial charge in [0.15, 0.2) is 23.2 Å². The molecule has 0 aliphatic carbocycles. The Morgan fingerprint density at radius 1 is 0.863 bits per heavy atom. The zero-order chi connectivity index (χ0) is 36.1. The lowest BCUT2D eigenvalue weighted by atomic mass is 10.0. The number of aromatic hydroxyl groups is 1. The molecule has 51 heavy (non-hydrogen) atoms. The second kappa shape index (κ2) is 14.9. The third kappa shape index (κ3) is 6.98. The molecule has 0 spiro atoms. The molecule has 0 amide bonds. The Kier molecular flexibility index (Phi) is 10.0. The number of carbonyl (C=O) groups is 3. The number of hydrogen-bond acceptors (Lipinski definition) is 14. The molecule has 4 heterocycles.